The van der Waals surface area contributed by atoms with Crippen LogP contribution >= 0.6 is 0 Å². The Labute approximate surface area is 63.6 Å². The summed E-state index contributed by atoms with van der Waals surface area (Å²) in [4.78, 5) is 4.71. The van der Waals surface area contributed by atoms with Crippen LogP contribution in [0.1, 0.15) is 27.7 Å². The van der Waals surface area contributed by atoms with Gasteiger partial charge in [-0.15, -0.1) is 0 Å². The predicted molar refractivity (Wildman–Crippen MR) is 46.3 cm³/mol. The summed E-state index contributed by atoms with van der Waals surface area (Å²) >= 11 is 0. The summed E-state index contributed by atoms with van der Waals surface area (Å²) in [6.45, 7) is 11.7. The summed E-state index contributed by atoms with van der Waals surface area (Å²) in [5.41, 5.74) is 0.923. The lowest BCUT2D eigenvalue weighted by Gasteiger charge is -1.90. The minimum Gasteiger partial charge on any atom is -0.392 e. The maximum Gasteiger partial charge on any atom is 0.135 e. The Kier molecular flexibility index (Phi) is 13.2. The van der Waals surface area contributed by atoms with Crippen LogP contribution in [0.2, 0.25) is 0 Å². The average molecular weight is 143 g/mol. The molecule has 0 aromatic carbocycles. The van der Waals surface area contributed by atoms with Gasteiger partial charge in [-0.1, -0.05) is 31.7 Å². The molecule has 0 aromatic rings. The fourth-order valence-corrected chi connectivity index (χ4v) is 0.219. The van der Waals surface area contributed by atoms with E-state index in [4.69, 9.17) is 4.84 Å². The van der Waals surface area contributed by atoms with Gasteiger partial charge in [0.1, 0.15) is 6.61 Å². The fraction of sp³-hybridized carbons (Fsp3) is 0.625. The first-order chi connectivity index (χ1) is 4.77. The van der Waals surface area contributed by atoms with Crippen LogP contribution in [0.3, 0.4) is 0 Å². The highest BCUT2D eigenvalue weighted by Gasteiger charge is 1.74. The summed E-state index contributed by atoms with van der Waals surface area (Å²) in [6, 6.07) is 0. The molecule has 10 heavy (non-hydrogen) atoms. The van der Waals surface area contributed by atoms with E-state index in [1.165, 1.54) is 0 Å². The Balaban J connectivity index is 0. The molecule has 0 fully saturated rings. The number of hydrogen-bond acceptors (Lipinski definition) is 2. The van der Waals surface area contributed by atoms with Crippen molar-refractivity contribution in [2.24, 2.45) is 5.16 Å². The molecule has 0 aliphatic heterocycles. The Morgan fingerprint density at radius 2 is 2.00 bits per heavy atom. The summed E-state index contributed by atoms with van der Waals surface area (Å²) < 4.78 is 0. The highest BCUT2D eigenvalue weighted by molar-refractivity contribution is 5.78. The first kappa shape index (κ1) is 11.9. The summed E-state index contributed by atoms with van der Waals surface area (Å²) in [6.07, 6.45) is 1.66. The molecule has 0 aromatic heterocycles. The minimum absolute atomic E-state index is 0.491. The van der Waals surface area contributed by atoms with Crippen LogP contribution in [0.25, 0.3) is 0 Å². The predicted octanol–water partition coefficient (Wildman–Crippen LogP) is 2.61. The summed E-state index contributed by atoms with van der Waals surface area (Å²) in [5.74, 6) is 0. The lowest BCUT2D eigenvalue weighted by atomic mass is 10.5. The number of rotatable bonds is 3. The molecule has 0 unspecified atom stereocenters. The molecule has 0 heterocycles. The Morgan fingerprint density at radius 3 is 2.30 bits per heavy atom. The molecule has 0 N–H and O–H groups in total. The zero-order valence-corrected chi connectivity index (χ0v) is 7.35. The van der Waals surface area contributed by atoms with E-state index in [1.54, 1.807) is 6.08 Å². The number of hydrogen-bond donors (Lipinski definition) is 0. The standard InChI is InChI=1S/C6H11NO.C2H6/c1-4-5-8-7-6(2)3;1-2/h4H,1,5H2,2-3H3;1-2H3. The van der Waals surface area contributed by atoms with Crippen LogP contribution in [0, 0.1) is 0 Å². The van der Waals surface area contributed by atoms with Gasteiger partial charge in [0.15, 0.2) is 0 Å². The molecular weight excluding hydrogens is 126 g/mol. The largest absolute Gasteiger partial charge is 0.392 e. The molecule has 0 saturated heterocycles. The SMILES string of the molecule is C=CCON=C(C)C.CC. The van der Waals surface area contributed by atoms with E-state index in [0.29, 0.717) is 6.61 Å². The second-order valence-corrected chi connectivity index (χ2v) is 1.62. The topological polar surface area (TPSA) is 21.6 Å². The third-order valence-electron chi connectivity index (χ3n) is 0.440. The van der Waals surface area contributed by atoms with Gasteiger partial charge in [-0.2, -0.15) is 0 Å². The van der Waals surface area contributed by atoms with Gasteiger partial charge >= 0.3 is 0 Å². The molecule has 0 bridgehead atoms. The van der Waals surface area contributed by atoms with E-state index in [1.807, 2.05) is 27.7 Å². The smallest absolute Gasteiger partial charge is 0.135 e. The Bertz CT molecular complexity index is 93.4. The quantitative estimate of drug-likeness (QED) is 0.257. The molecule has 0 rings (SSSR count). The van der Waals surface area contributed by atoms with Gasteiger partial charge in [0, 0.05) is 0 Å². The Morgan fingerprint density at radius 1 is 1.50 bits per heavy atom. The zero-order chi connectivity index (χ0) is 8.41. The van der Waals surface area contributed by atoms with Crippen molar-refractivity contribution in [2.75, 3.05) is 6.61 Å². The third-order valence-corrected chi connectivity index (χ3v) is 0.440. The number of nitrogens with zero attached hydrogens (tertiary/aromatic N) is 1. The van der Waals surface area contributed by atoms with Crippen LogP contribution in [0.4, 0.5) is 0 Å². The van der Waals surface area contributed by atoms with Gasteiger partial charge < -0.3 is 4.84 Å². The first-order valence-electron chi connectivity index (χ1n) is 3.51. The first-order valence-corrected chi connectivity index (χ1v) is 3.51. The second kappa shape index (κ2) is 11.1. The van der Waals surface area contributed by atoms with Crippen molar-refractivity contribution >= 4 is 5.71 Å². The lowest BCUT2D eigenvalue weighted by Crippen LogP contribution is -1.85. The van der Waals surface area contributed by atoms with Crippen molar-refractivity contribution in [2.45, 2.75) is 27.7 Å². The van der Waals surface area contributed by atoms with E-state index < -0.39 is 0 Å². The van der Waals surface area contributed by atoms with Gasteiger partial charge in [0.2, 0.25) is 0 Å². The second-order valence-electron chi connectivity index (χ2n) is 1.62. The van der Waals surface area contributed by atoms with Crippen molar-refractivity contribution in [3.63, 3.8) is 0 Å². The molecule has 0 saturated carbocycles. The molecule has 0 aliphatic carbocycles. The van der Waals surface area contributed by atoms with E-state index in [2.05, 4.69) is 11.7 Å². The van der Waals surface area contributed by atoms with Crippen molar-refractivity contribution in [3.05, 3.63) is 12.7 Å². The van der Waals surface area contributed by atoms with Crippen LogP contribution < -0.4 is 0 Å². The molecule has 0 aliphatic rings. The molecular formula is C8H17NO. The van der Waals surface area contributed by atoms with Crippen LogP contribution in [-0.4, -0.2) is 12.3 Å². The molecule has 0 atom stereocenters. The minimum atomic E-state index is 0.491. The lowest BCUT2D eigenvalue weighted by molar-refractivity contribution is 0.174. The van der Waals surface area contributed by atoms with E-state index in [-0.39, 0.29) is 0 Å². The highest BCUT2D eigenvalue weighted by Crippen LogP contribution is 1.78. The van der Waals surface area contributed by atoms with E-state index >= 15 is 0 Å². The van der Waals surface area contributed by atoms with Crippen LogP contribution in [0.15, 0.2) is 17.8 Å². The molecule has 0 spiro atoms. The van der Waals surface area contributed by atoms with E-state index in [0.717, 1.165) is 5.71 Å². The van der Waals surface area contributed by atoms with Gasteiger partial charge in [-0.3, -0.25) is 0 Å². The third kappa shape index (κ3) is 15.7. The Hall–Kier alpha value is -0.790. The normalized spacial score (nSPS) is 6.80. The van der Waals surface area contributed by atoms with Crippen LogP contribution in [0.5, 0.6) is 0 Å². The van der Waals surface area contributed by atoms with Crippen molar-refractivity contribution < 1.29 is 4.84 Å². The maximum atomic E-state index is 4.71. The molecule has 0 amide bonds. The van der Waals surface area contributed by atoms with Gasteiger partial charge in [-0.05, 0) is 13.8 Å². The fourth-order valence-electron chi connectivity index (χ4n) is 0.219. The van der Waals surface area contributed by atoms with E-state index in [9.17, 15) is 0 Å². The van der Waals surface area contributed by atoms with Crippen molar-refractivity contribution in [1.82, 2.24) is 0 Å². The molecule has 2 nitrogen and oxygen atoms in total. The monoisotopic (exact) mass is 143 g/mol. The average Bonchev–Trinajstić information content (AvgIpc) is 1.92. The van der Waals surface area contributed by atoms with Gasteiger partial charge in [-0.25, -0.2) is 0 Å². The zero-order valence-electron chi connectivity index (χ0n) is 7.35. The molecule has 2 heteroatoms. The highest BCUT2D eigenvalue weighted by atomic mass is 16.6. The molecule has 0 radical (unpaired) electrons. The van der Waals surface area contributed by atoms with Gasteiger partial charge in [0.25, 0.3) is 0 Å². The van der Waals surface area contributed by atoms with Crippen molar-refractivity contribution in [1.29, 1.82) is 0 Å². The molecule has 60 valence electrons. The summed E-state index contributed by atoms with van der Waals surface area (Å²) in [5, 5.41) is 3.66. The summed E-state index contributed by atoms with van der Waals surface area (Å²) in [7, 11) is 0. The van der Waals surface area contributed by atoms with Gasteiger partial charge in [0.05, 0.1) is 5.71 Å². The van der Waals surface area contributed by atoms with Crippen LogP contribution in [-0.2, 0) is 4.84 Å². The number of oxime groups is 1. The maximum absolute atomic E-state index is 4.71. The van der Waals surface area contributed by atoms with Crippen molar-refractivity contribution in [3.8, 4) is 0 Å².